The van der Waals surface area contributed by atoms with E-state index in [9.17, 15) is 14.0 Å². The lowest BCUT2D eigenvalue weighted by molar-refractivity contribution is -0.125. The maximum Gasteiger partial charge on any atom is 0.273 e. The monoisotopic (exact) mass is 518 g/mol. The van der Waals surface area contributed by atoms with Gasteiger partial charge in [0.2, 0.25) is 5.91 Å². The predicted octanol–water partition coefficient (Wildman–Crippen LogP) is 3.55. The number of halogens is 1. The molecular formula is C27H27FN6O4. The lowest BCUT2D eigenvalue weighted by Crippen LogP contribution is -2.53. The van der Waals surface area contributed by atoms with Gasteiger partial charge in [0.1, 0.15) is 11.9 Å². The Morgan fingerprint density at radius 1 is 1.18 bits per heavy atom. The number of nitrogens with zero attached hydrogens (tertiary/aromatic N) is 4. The number of ether oxygens (including phenoxy) is 1. The van der Waals surface area contributed by atoms with Crippen LogP contribution in [0.3, 0.4) is 0 Å². The van der Waals surface area contributed by atoms with Crippen molar-refractivity contribution in [3.8, 4) is 11.9 Å². The number of carbonyl (C=O) groups excluding carboxylic acids is 2. The third kappa shape index (κ3) is 5.81. The quantitative estimate of drug-likeness (QED) is 0.364. The second-order valence-electron chi connectivity index (χ2n) is 9.80. The van der Waals surface area contributed by atoms with Crippen molar-refractivity contribution in [2.24, 2.45) is 5.41 Å². The van der Waals surface area contributed by atoms with Gasteiger partial charge in [-0.2, -0.15) is 10.4 Å². The topological polar surface area (TPSA) is 135 Å². The van der Waals surface area contributed by atoms with E-state index in [1.807, 2.05) is 20.8 Å². The van der Waals surface area contributed by atoms with Gasteiger partial charge in [-0.05, 0) is 46.5 Å². The Morgan fingerprint density at radius 3 is 2.55 bits per heavy atom. The van der Waals surface area contributed by atoms with Crippen LogP contribution < -0.4 is 15.4 Å². The summed E-state index contributed by atoms with van der Waals surface area (Å²) in [6.45, 7) is 5.78. The van der Waals surface area contributed by atoms with Crippen LogP contribution in [0.5, 0.6) is 5.88 Å². The van der Waals surface area contributed by atoms with E-state index in [0.717, 1.165) is 5.56 Å². The van der Waals surface area contributed by atoms with Crippen molar-refractivity contribution in [3.63, 3.8) is 0 Å². The molecule has 10 nitrogen and oxygen atoms in total. The van der Waals surface area contributed by atoms with E-state index in [1.165, 1.54) is 30.0 Å². The van der Waals surface area contributed by atoms with Gasteiger partial charge in [-0.25, -0.2) is 4.39 Å². The largest absolute Gasteiger partial charge is 0.479 e. The number of benzene rings is 2. The summed E-state index contributed by atoms with van der Waals surface area (Å²) in [4.78, 5) is 26.5. The van der Waals surface area contributed by atoms with Crippen molar-refractivity contribution in [1.29, 1.82) is 5.26 Å². The van der Waals surface area contributed by atoms with Gasteiger partial charge in [-0.3, -0.25) is 14.3 Å². The number of methoxy groups -OCH3 is 1. The molecule has 0 saturated carbocycles. The van der Waals surface area contributed by atoms with E-state index in [2.05, 4.69) is 27.0 Å². The third-order valence-electron chi connectivity index (χ3n) is 5.93. The normalized spacial score (nSPS) is 12.1. The fourth-order valence-corrected chi connectivity index (χ4v) is 3.92. The van der Waals surface area contributed by atoms with Crippen LogP contribution in [0.25, 0.3) is 10.9 Å². The Labute approximate surface area is 218 Å². The van der Waals surface area contributed by atoms with Crippen LogP contribution in [0.15, 0.2) is 53.1 Å². The molecule has 0 fully saturated rings. The Kier molecular flexibility index (Phi) is 7.43. The highest BCUT2D eigenvalue weighted by Gasteiger charge is 2.34. The minimum Gasteiger partial charge on any atom is -0.479 e. The average molecular weight is 519 g/mol. The molecule has 2 amide bonds. The summed E-state index contributed by atoms with van der Waals surface area (Å²) in [5.74, 6) is -0.787. The molecule has 0 aliphatic rings. The van der Waals surface area contributed by atoms with E-state index in [-0.39, 0.29) is 24.7 Å². The number of nitrogens with one attached hydrogen (secondary N) is 2. The first-order chi connectivity index (χ1) is 18.1. The molecule has 0 saturated heterocycles. The average Bonchev–Trinajstić information content (AvgIpc) is 3.50. The smallest absolute Gasteiger partial charge is 0.273 e. The molecule has 2 aromatic carbocycles. The zero-order chi connectivity index (χ0) is 27.4. The summed E-state index contributed by atoms with van der Waals surface area (Å²) in [5.41, 5.74) is 1.18. The molecule has 2 N–H and O–H groups in total. The molecule has 0 aliphatic heterocycles. The number of amides is 2. The summed E-state index contributed by atoms with van der Waals surface area (Å²) in [6, 6.07) is 13.7. The number of rotatable bonds is 8. The lowest BCUT2D eigenvalue weighted by atomic mass is 9.86. The molecule has 11 heteroatoms. The highest BCUT2D eigenvalue weighted by atomic mass is 19.1. The van der Waals surface area contributed by atoms with Gasteiger partial charge in [-0.15, -0.1) is 0 Å². The van der Waals surface area contributed by atoms with E-state index in [0.29, 0.717) is 22.2 Å². The molecule has 4 aromatic rings. The Hall–Kier alpha value is -4.72. The number of fused-ring (bicyclic) bond motifs is 1. The predicted molar refractivity (Wildman–Crippen MR) is 136 cm³/mol. The lowest BCUT2D eigenvalue weighted by Gasteiger charge is -2.30. The minimum atomic E-state index is -0.918. The van der Waals surface area contributed by atoms with E-state index >= 15 is 0 Å². The van der Waals surface area contributed by atoms with Gasteiger partial charge in [0.25, 0.3) is 11.8 Å². The molecule has 2 aromatic heterocycles. The van der Waals surface area contributed by atoms with E-state index in [1.54, 1.807) is 30.3 Å². The number of aromatic nitrogens is 3. The van der Waals surface area contributed by atoms with Gasteiger partial charge in [0, 0.05) is 11.5 Å². The van der Waals surface area contributed by atoms with E-state index < -0.39 is 29.1 Å². The number of nitriles is 1. The fourth-order valence-electron chi connectivity index (χ4n) is 3.92. The van der Waals surface area contributed by atoms with E-state index in [4.69, 9.17) is 14.5 Å². The fraction of sp³-hybridized carbons (Fsp3) is 0.296. The molecule has 196 valence electrons. The molecule has 4 rings (SSSR count). The van der Waals surface area contributed by atoms with Crippen molar-refractivity contribution in [3.05, 3.63) is 76.9 Å². The molecule has 2 heterocycles. The highest BCUT2D eigenvalue weighted by Crippen LogP contribution is 2.24. The van der Waals surface area contributed by atoms with Crippen LogP contribution in [-0.2, 0) is 17.9 Å². The van der Waals surface area contributed by atoms with Gasteiger partial charge >= 0.3 is 0 Å². The maximum atomic E-state index is 14.1. The first-order valence-electron chi connectivity index (χ1n) is 11.8. The summed E-state index contributed by atoms with van der Waals surface area (Å²) in [7, 11) is 1.45. The molecule has 0 bridgehead atoms. The van der Waals surface area contributed by atoms with Crippen molar-refractivity contribution in [2.75, 3.05) is 7.11 Å². The molecule has 0 unspecified atom stereocenters. The van der Waals surface area contributed by atoms with Crippen LogP contribution >= 0.6 is 0 Å². The Morgan fingerprint density at radius 2 is 1.92 bits per heavy atom. The number of hydrogen-bond acceptors (Lipinski definition) is 7. The van der Waals surface area contributed by atoms with Gasteiger partial charge < -0.3 is 19.9 Å². The molecule has 0 radical (unpaired) electrons. The van der Waals surface area contributed by atoms with Crippen LogP contribution in [-0.4, -0.2) is 39.9 Å². The molecule has 1 atom stereocenters. The van der Waals surface area contributed by atoms with Crippen molar-refractivity contribution < 1.29 is 23.2 Å². The number of hydrogen-bond donors (Lipinski definition) is 2. The summed E-state index contributed by atoms with van der Waals surface area (Å²) in [5, 5.41) is 23.2. The first kappa shape index (κ1) is 26.3. The maximum absolute atomic E-state index is 14.1. The summed E-state index contributed by atoms with van der Waals surface area (Å²) < 4.78 is 25.7. The molecular weight excluding hydrogens is 491 g/mol. The highest BCUT2D eigenvalue weighted by molar-refractivity contribution is 6.06. The zero-order valence-electron chi connectivity index (χ0n) is 21.4. The van der Waals surface area contributed by atoms with Crippen molar-refractivity contribution in [2.45, 2.75) is 39.9 Å². The van der Waals surface area contributed by atoms with Crippen LogP contribution in [0, 0.1) is 22.6 Å². The van der Waals surface area contributed by atoms with Gasteiger partial charge in [-0.1, -0.05) is 32.9 Å². The van der Waals surface area contributed by atoms with Gasteiger partial charge in [0.05, 0.1) is 37.3 Å². The first-order valence-corrected chi connectivity index (χ1v) is 11.8. The van der Waals surface area contributed by atoms with Crippen LogP contribution in [0.2, 0.25) is 0 Å². The third-order valence-corrected chi connectivity index (χ3v) is 5.93. The van der Waals surface area contributed by atoms with Crippen LogP contribution in [0.4, 0.5) is 4.39 Å². The van der Waals surface area contributed by atoms with Crippen molar-refractivity contribution in [1.82, 2.24) is 25.6 Å². The second-order valence-corrected chi connectivity index (χ2v) is 9.80. The Balaban J connectivity index is 1.58. The Bertz CT molecular complexity index is 1510. The standard InChI is InChI=1S/C27H27FN6O4/c1-27(2,3)24(26(36)30-14-19-12-22(37-4)33-38-19)31-25(35)23-20-10-9-18(28)11-21(20)34(32-23)15-17-7-5-16(13-29)6-8-17/h5-12,24H,14-15H2,1-4H3,(H,30,36)(H,31,35)/t24-/m1/s1. The molecule has 0 spiro atoms. The zero-order valence-corrected chi connectivity index (χ0v) is 21.4. The molecule has 38 heavy (non-hydrogen) atoms. The minimum absolute atomic E-state index is 0.0546. The summed E-state index contributed by atoms with van der Waals surface area (Å²) >= 11 is 0. The molecule has 0 aliphatic carbocycles. The SMILES string of the molecule is COc1cc(CNC(=O)[C@@H](NC(=O)c2nn(Cc3ccc(C#N)cc3)c3cc(F)ccc23)C(C)(C)C)on1. The van der Waals surface area contributed by atoms with Gasteiger partial charge in [0.15, 0.2) is 11.5 Å². The second kappa shape index (κ2) is 10.7. The summed E-state index contributed by atoms with van der Waals surface area (Å²) in [6.07, 6.45) is 0. The number of carbonyl (C=O) groups is 2. The van der Waals surface area contributed by atoms with Crippen LogP contribution in [0.1, 0.15) is 48.1 Å². The van der Waals surface area contributed by atoms with Crippen molar-refractivity contribution >= 4 is 22.7 Å².